The SMILES string of the molecule is O=C(O/C(=C\n1ccccc1=O)N1CCCCCC1)c1ccc([N+](=O)[O-])cc1. The van der Waals surface area contributed by atoms with E-state index in [0.29, 0.717) is 5.88 Å². The number of nitro benzene ring substituents is 1. The van der Waals surface area contributed by atoms with Crippen molar-refractivity contribution in [3.8, 4) is 0 Å². The van der Waals surface area contributed by atoms with Gasteiger partial charge in [-0.25, -0.2) is 4.79 Å². The van der Waals surface area contributed by atoms with Crippen LogP contribution in [0, 0.1) is 10.1 Å². The third kappa shape index (κ3) is 4.85. The molecule has 0 radical (unpaired) electrons. The van der Waals surface area contributed by atoms with Crippen molar-refractivity contribution in [2.75, 3.05) is 13.1 Å². The highest BCUT2D eigenvalue weighted by molar-refractivity contribution is 5.90. The van der Waals surface area contributed by atoms with Crippen molar-refractivity contribution in [2.45, 2.75) is 25.7 Å². The summed E-state index contributed by atoms with van der Waals surface area (Å²) < 4.78 is 6.97. The second kappa shape index (κ2) is 8.98. The Bertz CT molecular complexity index is 925. The number of rotatable bonds is 5. The molecule has 1 aromatic heterocycles. The van der Waals surface area contributed by atoms with Gasteiger partial charge in [-0.15, -0.1) is 0 Å². The number of non-ortho nitro benzene ring substituents is 1. The molecule has 1 aliphatic rings. The van der Waals surface area contributed by atoms with Crippen molar-refractivity contribution in [3.63, 3.8) is 0 Å². The van der Waals surface area contributed by atoms with E-state index in [2.05, 4.69) is 0 Å². The van der Waals surface area contributed by atoms with Gasteiger partial charge in [0.15, 0.2) is 0 Å². The Hall–Kier alpha value is -3.42. The van der Waals surface area contributed by atoms with E-state index in [1.165, 1.54) is 41.1 Å². The Kier molecular flexibility index (Phi) is 6.21. The van der Waals surface area contributed by atoms with Crippen LogP contribution in [0.3, 0.4) is 0 Å². The number of ether oxygens (including phenoxy) is 1. The Balaban J connectivity index is 1.87. The number of pyridine rings is 1. The van der Waals surface area contributed by atoms with E-state index in [-0.39, 0.29) is 16.8 Å². The third-order valence-electron chi connectivity index (χ3n) is 4.53. The van der Waals surface area contributed by atoms with Crippen molar-refractivity contribution in [3.05, 3.63) is 80.6 Å². The maximum absolute atomic E-state index is 12.6. The molecule has 3 rings (SSSR count). The second-order valence-corrected chi connectivity index (χ2v) is 6.51. The fourth-order valence-corrected chi connectivity index (χ4v) is 3.00. The van der Waals surface area contributed by atoms with Gasteiger partial charge < -0.3 is 9.64 Å². The van der Waals surface area contributed by atoms with E-state index < -0.39 is 10.9 Å². The first-order valence-corrected chi connectivity index (χ1v) is 9.15. The number of esters is 1. The Morgan fingerprint density at radius 2 is 1.71 bits per heavy atom. The lowest BCUT2D eigenvalue weighted by Crippen LogP contribution is -2.28. The van der Waals surface area contributed by atoms with Crippen LogP contribution in [0.5, 0.6) is 0 Å². The van der Waals surface area contributed by atoms with Gasteiger partial charge in [0.25, 0.3) is 11.2 Å². The third-order valence-corrected chi connectivity index (χ3v) is 4.53. The van der Waals surface area contributed by atoms with Gasteiger partial charge in [0, 0.05) is 37.5 Å². The van der Waals surface area contributed by atoms with E-state index in [4.69, 9.17) is 4.74 Å². The van der Waals surface area contributed by atoms with Crippen molar-refractivity contribution < 1.29 is 14.5 Å². The van der Waals surface area contributed by atoms with Crippen LogP contribution in [-0.2, 0) is 4.74 Å². The van der Waals surface area contributed by atoms with Crippen LogP contribution in [0.1, 0.15) is 36.0 Å². The van der Waals surface area contributed by atoms with Crippen LogP contribution < -0.4 is 5.56 Å². The van der Waals surface area contributed by atoms with Crippen LogP contribution in [-0.4, -0.2) is 33.4 Å². The lowest BCUT2D eigenvalue weighted by atomic mass is 10.2. The molecule has 2 heterocycles. The van der Waals surface area contributed by atoms with Crippen LogP contribution in [0.15, 0.2) is 59.3 Å². The van der Waals surface area contributed by atoms with Gasteiger partial charge in [0.2, 0.25) is 5.88 Å². The summed E-state index contributed by atoms with van der Waals surface area (Å²) in [6, 6.07) is 10.0. The average molecular weight is 383 g/mol. The molecule has 1 aromatic carbocycles. The molecule has 8 heteroatoms. The summed E-state index contributed by atoms with van der Waals surface area (Å²) in [4.78, 5) is 36.9. The number of nitrogens with zero attached hydrogens (tertiary/aromatic N) is 3. The van der Waals surface area contributed by atoms with E-state index in [9.17, 15) is 19.7 Å². The number of aromatic nitrogens is 1. The molecule has 146 valence electrons. The standard InChI is InChI=1S/C20H21N3O5/c24-18-7-3-6-14-22(18)15-19(21-12-4-1-2-5-13-21)28-20(25)16-8-10-17(11-9-16)23(26)27/h3,6-11,14-15H,1-2,4-5,12-13H2/b19-15-. The maximum Gasteiger partial charge on any atom is 0.344 e. The number of carbonyl (C=O) groups is 1. The molecule has 0 bridgehead atoms. The molecule has 0 atom stereocenters. The highest BCUT2D eigenvalue weighted by Gasteiger charge is 2.19. The minimum atomic E-state index is -0.630. The first-order chi connectivity index (χ1) is 13.5. The summed E-state index contributed by atoms with van der Waals surface area (Å²) in [5.41, 5.74) is -0.136. The lowest BCUT2D eigenvalue weighted by molar-refractivity contribution is -0.384. The summed E-state index contributed by atoms with van der Waals surface area (Å²) in [6.07, 6.45) is 7.25. The molecule has 28 heavy (non-hydrogen) atoms. The average Bonchev–Trinajstić information content (AvgIpc) is 2.98. The molecule has 0 saturated carbocycles. The Morgan fingerprint density at radius 1 is 1.04 bits per heavy atom. The van der Waals surface area contributed by atoms with Gasteiger partial charge in [0.1, 0.15) is 0 Å². The smallest absolute Gasteiger partial charge is 0.344 e. The lowest BCUT2D eigenvalue weighted by Gasteiger charge is -2.24. The van der Waals surface area contributed by atoms with Gasteiger partial charge in [-0.2, -0.15) is 0 Å². The first-order valence-electron chi connectivity index (χ1n) is 9.15. The Morgan fingerprint density at radius 3 is 2.32 bits per heavy atom. The number of nitro groups is 1. The van der Waals surface area contributed by atoms with Crippen LogP contribution >= 0.6 is 0 Å². The number of hydrogen-bond acceptors (Lipinski definition) is 6. The van der Waals surface area contributed by atoms with Crippen molar-refractivity contribution in [1.29, 1.82) is 0 Å². The van der Waals surface area contributed by atoms with Crippen molar-refractivity contribution in [2.24, 2.45) is 0 Å². The maximum atomic E-state index is 12.6. The largest absolute Gasteiger partial charge is 0.404 e. The van der Waals surface area contributed by atoms with E-state index in [1.807, 2.05) is 4.90 Å². The molecular weight excluding hydrogens is 362 g/mol. The van der Waals surface area contributed by atoms with Gasteiger partial charge in [0.05, 0.1) is 16.7 Å². The summed E-state index contributed by atoms with van der Waals surface area (Å²) in [7, 11) is 0. The van der Waals surface area contributed by atoms with Crippen LogP contribution in [0.4, 0.5) is 5.69 Å². The molecule has 0 amide bonds. The van der Waals surface area contributed by atoms with Crippen LogP contribution in [0.2, 0.25) is 0 Å². The fraction of sp³-hybridized carbons (Fsp3) is 0.300. The fourth-order valence-electron chi connectivity index (χ4n) is 3.00. The van der Waals surface area contributed by atoms with E-state index in [1.54, 1.807) is 18.3 Å². The monoisotopic (exact) mass is 383 g/mol. The van der Waals surface area contributed by atoms with Crippen LogP contribution in [0.25, 0.3) is 6.20 Å². The predicted octanol–water partition coefficient (Wildman–Crippen LogP) is 3.25. The molecule has 0 unspecified atom stereocenters. The normalized spacial score (nSPS) is 15.0. The zero-order valence-corrected chi connectivity index (χ0v) is 15.3. The second-order valence-electron chi connectivity index (χ2n) is 6.51. The van der Waals surface area contributed by atoms with Gasteiger partial charge in [-0.3, -0.25) is 19.5 Å². The minimum absolute atomic E-state index is 0.101. The van der Waals surface area contributed by atoms with Gasteiger partial charge in [-0.05, 0) is 31.0 Å². The molecule has 1 aliphatic heterocycles. The molecule has 0 spiro atoms. The summed E-state index contributed by atoms with van der Waals surface area (Å²) in [5.74, 6) is -0.340. The zero-order chi connectivity index (χ0) is 19.9. The molecule has 2 aromatic rings. The number of hydrogen-bond donors (Lipinski definition) is 0. The highest BCUT2D eigenvalue weighted by atomic mass is 16.6. The molecular formula is C20H21N3O5. The predicted molar refractivity (Wildman–Crippen MR) is 104 cm³/mol. The molecule has 1 saturated heterocycles. The topological polar surface area (TPSA) is 94.7 Å². The summed E-state index contributed by atoms with van der Waals surface area (Å²) >= 11 is 0. The highest BCUT2D eigenvalue weighted by Crippen LogP contribution is 2.19. The zero-order valence-electron chi connectivity index (χ0n) is 15.3. The minimum Gasteiger partial charge on any atom is -0.404 e. The number of carbonyl (C=O) groups excluding carboxylic acids is 1. The van der Waals surface area contributed by atoms with Crippen molar-refractivity contribution >= 4 is 17.9 Å². The molecule has 0 N–H and O–H groups in total. The molecule has 1 fully saturated rings. The van der Waals surface area contributed by atoms with E-state index in [0.717, 1.165) is 38.8 Å². The number of likely N-dealkylation sites (tertiary alicyclic amines) is 1. The van der Waals surface area contributed by atoms with E-state index >= 15 is 0 Å². The summed E-state index contributed by atoms with van der Waals surface area (Å²) in [5, 5.41) is 10.8. The van der Waals surface area contributed by atoms with Gasteiger partial charge >= 0.3 is 5.97 Å². The molecule has 0 aliphatic carbocycles. The quantitative estimate of drug-likeness (QED) is 0.340. The van der Waals surface area contributed by atoms with Crippen molar-refractivity contribution in [1.82, 2.24) is 9.47 Å². The number of benzene rings is 1. The summed E-state index contributed by atoms with van der Waals surface area (Å²) in [6.45, 7) is 1.45. The Labute approximate surface area is 161 Å². The van der Waals surface area contributed by atoms with Gasteiger partial charge in [-0.1, -0.05) is 18.9 Å². The first kappa shape index (κ1) is 19.3. The molecule has 8 nitrogen and oxygen atoms in total.